The molecular formula is C27H24N2O6. The summed E-state index contributed by atoms with van der Waals surface area (Å²) in [5.74, 6) is 2.17. The van der Waals surface area contributed by atoms with E-state index in [0.717, 1.165) is 28.1 Å². The molecule has 6 rings (SSSR count). The Morgan fingerprint density at radius 2 is 1.83 bits per heavy atom. The first kappa shape index (κ1) is 21.3. The topological polar surface area (TPSA) is 86.3 Å². The Kier molecular flexibility index (Phi) is 5.02. The molecule has 0 aromatic heterocycles. The number of methoxy groups -OCH3 is 1. The molecular weight excluding hydrogens is 448 g/mol. The number of nitrogens with zero attached hydrogens (tertiary/aromatic N) is 1. The summed E-state index contributed by atoms with van der Waals surface area (Å²) < 4.78 is 22.3. The van der Waals surface area contributed by atoms with E-state index in [-0.39, 0.29) is 31.8 Å². The largest absolute Gasteiger partial charge is 0.497 e. The first-order chi connectivity index (χ1) is 17.1. The highest BCUT2D eigenvalue weighted by atomic mass is 16.7. The van der Waals surface area contributed by atoms with Crippen molar-refractivity contribution in [1.29, 1.82) is 0 Å². The molecule has 0 aliphatic carbocycles. The summed E-state index contributed by atoms with van der Waals surface area (Å²) in [7, 11) is 1.63. The fourth-order valence-corrected chi connectivity index (χ4v) is 5.10. The maximum absolute atomic E-state index is 13.9. The van der Waals surface area contributed by atoms with Gasteiger partial charge in [0.25, 0.3) is 0 Å². The normalized spacial score (nSPS) is 18.9. The Bertz CT molecular complexity index is 1340. The predicted molar refractivity (Wildman–Crippen MR) is 127 cm³/mol. The van der Waals surface area contributed by atoms with Gasteiger partial charge in [-0.15, -0.1) is 0 Å². The van der Waals surface area contributed by atoms with Crippen LogP contribution in [-0.2, 0) is 21.4 Å². The van der Waals surface area contributed by atoms with Crippen LogP contribution in [0.3, 0.4) is 0 Å². The summed E-state index contributed by atoms with van der Waals surface area (Å²) in [6.07, 6.45) is 0.659. The summed E-state index contributed by atoms with van der Waals surface area (Å²) in [4.78, 5) is 28.4. The Morgan fingerprint density at radius 1 is 1.00 bits per heavy atom. The van der Waals surface area contributed by atoms with Gasteiger partial charge in [0.15, 0.2) is 11.5 Å². The second-order valence-electron chi connectivity index (χ2n) is 8.76. The van der Waals surface area contributed by atoms with Gasteiger partial charge in [0.05, 0.1) is 7.11 Å². The molecule has 1 unspecified atom stereocenters. The summed E-state index contributed by atoms with van der Waals surface area (Å²) >= 11 is 0. The van der Waals surface area contributed by atoms with Crippen molar-refractivity contribution in [2.45, 2.75) is 11.8 Å². The van der Waals surface area contributed by atoms with E-state index in [1.54, 1.807) is 18.1 Å². The predicted octanol–water partition coefficient (Wildman–Crippen LogP) is 2.81. The molecule has 3 aliphatic rings. The van der Waals surface area contributed by atoms with Gasteiger partial charge >= 0.3 is 0 Å². The van der Waals surface area contributed by atoms with Gasteiger partial charge in [-0.2, -0.15) is 0 Å². The Labute approximate surface area is 202 Å². The maximum atomic E-state index is 13.9. The molecule has 3 aliphatic heterocycles. The van der Waals surface area contributed by atoms with Gasteiger partial charge in [-0.25, -0.2) is 0 Å². The number of ether oxygens (including phenoxy) is 4. The second kappa shape index (κ2) is 8.23. The molecule has 0 radical (unpaired) electrons. The van der Waals surface area contributed by atoms with Crippen LogP contribution < -0.4 is 29.2 Å². The van der Waals surface area contributed by atoms with Gasteiger partial charge in [-0.05, 0) is 41.8 Å². The summed E-state index contributed by atoms with van der Waals surface area (Å²) in [5, 5.41) is 2.94. The molecule has 8 nitrogen and oxygen atoms in total. The molecule has 2 amide bonds. The van der Waals surface area contributed by atoms with Gasteiger partial charge in [-0.3, -0.25) is 9.59 Å². The number of carbonyl (C=O) groups is 2. The zero-order chi connectivity index (χ0) is 24.0. The lowest BCUT2D eigenvalue weighted by molar-refractivity contribution is -0.125. The Balaban J connectivity index is 1.23. The smallest absolute Gasteiger partial charge is 0.246 e. The van der Waals surface area contributed by atoms with Crippen molar-refractivity contribution in [3.05, 3.63) is 77.4 Å². The molecule has 8 heteroatoms. The van der Waals surface area contributed by atoms with Crippen molar-refractivity contribution < 1.29 is 28.5 Å². The quantitative estimate of drug-likeness (QED) is 0.594. The Morgan fingerprint density at radius 3 is 2.69 bits per heavy atom. The molecule has 3 heterocycles. The Hall–Kier alpha value is -4.20. The third-order valence-electron chi connectivity index (χ3n) is 6.82. The SMILES string of the molecule is COc1cccc(CCNC(=O)CN2C(=O)C3(COc4cc5c(cc43)OCO5)c3ccccc32)c1. The van der Waals surface area contributed by atoms with E-state index in [1.165, 1.54) is 0 Å². The molecule has 178 valence electrons. The van der Waals surface area contributed by atoms with Crippen molar-refractivity contribution in [2.24, 2.45) is 0 Å². The number of amides is 2. The van der Waals surface area contributed by atoms with Crippen molar-refractivity contribution in [2.75, 3.05) is 38.5 Å². The molecule has 0 fully saturated rings. The highest BCUT2D eigenvalue weighted by molar-refractivity contribution is 6.13. The van der Waals surface area contributed by atoms with Crippen LogP contribution >= 0.6 is 0 Å². The number of anilines is 1. The molecule has 1 N–H and O–H groups in total. The van der Waals surface area contributed by atoms with E-state index < -0.39 is 5.41 Å². The minimum Gasteiger partial charge on any atom is -0.497 e. The van der Waals surface area contributed by atoms with Crippen LogP contribution in [0.4, 0.5) is 5.69 Å². The van der Waals surface area contributed by atoms with E-state index in [2.05, 4.69) is 5.32 Å². The van der Waals surface area contributed by atoms with E-state index in [4.69, 9.17) is 18.9 Å². The summed E-state index contributed by atoms with van der Waals surface area (Å²) in [6, 6.07) is 18.9. The first-order valence-electron chi connectivity index (χ1n) is 11.5. The van der Waals surface area contributed by atoms with Crippen LogP contribution in [0.2, 0.25) is 0 Å². The average molecular weight is 472 g/mol. The maximum Gasteiger partial charge on any atom is 0.246 e. The second-order valence-corrected chi connectivity index (χ2v) is 8.76. The molecule has 1 spiro atoms. The van der Waals surface area contributed by atoms with E-state index in [1.807, 2.05) is 54.6 Å². The fraction of sp³-hybridized carbons (Fsp3) is 0.259. The number of fused-ring (bicyclic) bond motifs is 5. The van der Waals surface area contributed by atoms with Crippen molar-refractivity contribution in [3.8, 4) is 23.0 Å². The molecule has 0 saturated heterocycles. The number of nitrogens with one attached hydrogen (secondary N) is 1. The number of hydrogen-bond acceptors (Lipinski definition) is 6. The standard InChI is InChI=1S/C27H24N2O6/c1-32-18-6-4-5-17(11-18)9-10-28-25(30)14-29-21-8-3-2-7-19(21)27(26(29)31)15-33-22-13-24-23(12-20(22)27)34-16-35-24/h2-8,11-13H,9-10,14-16H2,1H3,(H,28,30). The number of carbonyl (C=O) groups excluding carboxylic acids is 2. The molecule has 3 aromatic rings. The lowest BCUT2D eigenvalue weighted by Gasteiger charge is -2.23. The number of rotatable bonds is 6. The summed E-state index contributed by atoms with van der Waals surface area (Å²) in [6.45, 7) is 0.679. The lowest BCUT2D eigenvalue weighted by atomic mass is 9.77. The van der Waals surface area contributed by atoms with E-state index in [0.29, 0.717) is 30.2 Å². The molecule has 0 bridgehead atoms. The fourth-order valence-electron chi connectivity index (χ4n) is 5.10. The third-order valence-corrected chi connectivity index (χ3v) is 6.82. The van der Waals surface area contributed by atoms with Crippen LogP contribution in [0, 0.1) is 0 Å². The van der Waals surface area contributed by atoms with Crippen molar-refractivity contribution in [3.63, 3.8) is 0 Å². The highest BCUT2D eigenvalue weighted by Gasteiger charge is 2.57. The average Bonchev–Trinajstić information content (AvgIpc) is 3.55. The van der Waals surface area contributed by atoms with E-state index >= 15 is 0 Å². The first-order valence-corrected chi connectivity index (χ1v) is 11.5. The highest BCUT2D eigenvalue weighted by Crippen LogP contribution is 2.54. The van der Waals surface area contributed by atoms with Gasteiger partial charge in [0.2, 0.25) is 18.6 Å². The molecule has 3 aromatic carbocycles. The number of benzene rings is 3. The monoisotopic (exact) mass is 472 g/mol. The van der Waals surface area contributed by atoms with Crippen LogP contribution in [0.1, 0.15) is 16.7 Å². The van der Waals surface area contributed by atoms with Crippen molar-refractivity contribution >= 4 is 17.5 Å². The lowest BCUT2D eigenvalue weighted by Crippen LogP contribution is -2.46. The minimum atomic E-state index is -1.02. The van der Waals surface area contributed by atoms with Crippen LogP contribution in [0.25, 0.3) is 0 Å². The van der Waals surface area contributed by atoms with Crippen LogP contribution in [0.5, 0.6) is 23.0 Å². The number of para-hydroxylation sites is 1. The molecule has 0 saturated carbocycles. The zero-order valence-corrected chi connectivity index (χ0v) is 19.2. The zero-order valence-electron chi connectivity index (χ0n) is 19.2. The van der Waals surface area contributed by atoms with Gasteiger partial charge in [0.1, 0.15) is 30.1 Å². The number of hydrogen-bond donors (Lipinski definition) is 1. The van der Waals surface area contributed by atoms with Crippen molar-refractivity contribution in [1.82, 2.24) is 5.32 Å². The molecule has 1 atom stereocenters. The molecule has 35 heavy (non-hydrogen) atoms. The summed E-state index contributed by atoms with van der Waals surface area (Å²) in [5.41, 5.74) is 2.32. The minimum absolute atomic E-state index is 0.0738. The van der Waals surface area contributed by atoms with Crippen LogP contribution in [-0.4, -0.2) is 45.4 Å². The third kappa shape index (κ3) is 3.36. The van der Waals surface area contributed by atoms with E-state index in [9.17, 15) is 9.59 Å². The van der Waals surface area contributed by atoms with Gasteiger partial charge in [-0.1, -0.05) is 30.3 Å². The van der Waals surface area contributed by atoms with Gasteiger partial charge in [0, 0.05) is 23.9 Å². The van der Waals surface area contributed by atoms with Gasteiger partial charge < -0.3 is 29.2 Å². The van der Waals surface area contributed by atoms with Crippen LogP contribution in [0.15, 0.2) is 60.7 Å².